The predicted molar refractivity (Wildman–Crippen MR) is 77.7 cm³/mol. The molecular formula is C13H15N3O4S. The van der Waals surface area contributed by atoms with Crippen LogP contribution in [0.15, 0.2) is 18.2 Å². The fourth-order valence-corrected chi connectivity index (χ4v) is 3.89. The van der Waals surface area contributed by atoms with E-state index in [0.29, 0.717) is 25.1 Å². The van der Waals surface area contributed by atoms with Crippen molar-refractivity contribution in [1.29, 1.82) is 5.26 Å². The molecule has 112 valence electrons. The molecule has 7 nitrogen and oxygen atoms in total. The van der Waals surface area contributed by atoms with Gasteiger partial charge in [0, 0.05) is 18.3 Å². The first-order chi connectivity index (χ1) is 9.91. The summed E-state index contributed by atoms with van der Waals surface area (Å²) in [7, 11) is -2.87. The Morgan fingerprint density at radius 2 is 2.05 bits per heavy atom. The highest BCUT2D eigenvalue weighted by Crippen LogP contribution is 2.23. The van der Waals surface area contributed by atoms with Crippen molar-refractivity contribution in [3.05, 3.63) is 33.9 Å². The number of nitrogens with zero attached hydrogens (tertiary/aromatic N) is 2. The molecule has 0 radical (unpaired) electrons. The van der Waals surface area contributed by atoms with Crippen molar-refractivity contribution in [2.45, 2.75) is 12.8 Å². The second kappa shape index (κ2) is 6.10. The highest BCUT2D eigenvalue weighted by molar-refractivity contribution is 7.91. The number of benzene rings is 1. The largest absolute Gasteiger partial charge is 0.385 e. The van der Waals surface area contributed by atoms with Crippen molar-refractivity contribution in [2.24, 2.45) is 5.92 Å². The average molecular weight is 309 g/mol. The van der Waals surface area contributed by atoms with Gasteiger partial charge < -0.3 is 5.32 Å². The van der Waals surface area contributed by atoms with E-state index in [-0.39, 0.29) is 28.7 Å². The SMILES string of the molecule is N#Cc1cc(NCC2CCS(=O)(=O)CC2)ccc1[N+](=O)[O-]. The third kappa shape index (κ3) is 3.92. The molecule has 1 fully saturated rings. The maximum Gasteiger partial charge on any atom is 0.287 e. The molecule has 21 heavy (non-hydrogen) atoms. The van der Waals surface area contributed by atoms with Crippen molar-refractivity contribution in [1.82, 2.24) is 0 Å². The maximum absolute atomic E-state index is 11.3. The van der Waals surface area contributed by atoms with Gasteiger partial charge in [0.1, 0.15) is 21.5 Å². The Hall–Kier alpha value is -2.14. The third-order valence-electron chi connectivity index (χ3n) is 3.58. The zero-order chi connectivity index (χ0) is 15.5. The van der Waals surface area contributed by atoms with E-state index in [1.165, 1.54) is 12.1 Å². The molecule has 0 aromatic heterocycles. The molecule has 0 bridgehead atoms. The first-order valence-corrected chi connectivity index (χ1v) is 8.36. The third-order valence-corrected chi connectivity index (χ3v) is 5.30. The van der Waals surface area contributed by atoms with Gasteiger partial charge in [0.05, 0.1) is 16.4 Å². The van der Waals surface area contributed by atoms with Gasteiger partial charge in [-0.1, -0.05) is 0 Å². The van der Waals surface area contributed by atoms with Crippen LogP contribution in [-0.2, 0) is 9.84 Å². The lowest BCUT2D eigenvalue weighted by Gasteiger charge is -2.22. The van der Waals surface area contributed by atoms with Crippen molar-refractivity contribution >= 4 is 21.2 Å². The minimum absolute atomic E-state index is 0.0104. The summed E-state index contributed by atoms with van der Waals surface area (Å²) in [6.45, 7) is 0.595. The smallest absolute Gasteiger partial charge is 0.287 e. The molecule has 1 aromatic rings. The number of hydrogen-bond donors (Lipinski definition) is 1. The predicted octanol–water partition coefficient (Wildman–Crippen LogP) is 1.70. The van der Waals surface area contributed by atoms with E-state index in [2.05, 4.69) is 5.32 Å². The van der Waals surface area contributed by atoms with Gasteiger partial charge in [0.2, 0.25) is 0 Å². The Morgan fingerprint density at radius 3 is 2.62 bits per heavy atom. The van der Waals surface area contributed by atoms with E-state index in [1.54, 1.807) is 12.1 Å². The molecular weight excluding hydrogens is 294 g/mol. The van der Waals surface area contributed by atoms with Gasteiger partial charge in [-0.2, -0.15) is 5.26 Å². The minimum atomic E-state index is -2.87. The Kier molecular flexibility index (Phi) is 4.43. The molecule has 0 spiro atoms. The number of nitro benzene ring substituents is 1. The van der Waals surface area contributed by atoms with Gasteiger partial charge in [-0.25, -0.2) is 8.42 Å². The summed E-state index contributed by atoms with van der Waals surface area (Å²) in [4.78, 5) is 10.1. The Balaban J connectivity index is 1.98. The van der Waals surface area contributed by atoms with E-state index in [9.17, 15) is 18.5 Å². The fraction of sp³-hybridized carbons (Fsp3) is 0.462. The second-order valence-corrected chi connectivity index (χ2v) is 7.38. The van der Waals surface area contributed by atoms with Crippen LogP contribution in [0.25, 0.3) is 0 Å². The lowest BCUT2D eigenvalue weighted by atomic mass is 10.0. The Bertz CT molecular complexity index is 680. The van der Waals surface area contributed by atoms with Crippen LogP contribution >= 0.6 is 0 Å². The van der Waals surface area contributed by atoms with Gasteiger partial charge >= 0.3 is 0 Å². The molecule has 1 N–H and O–H groups in total. The van der Waals surface area contributed by atoms with Crippen LogP contribution in [0.1, 0.15) is 18.4 Å². The Labute approximate surface area is 122 Å². The molecule has 8 heteroatoms. The molecule has 1 aromatic carbocycles. The van der Waals surface area contributed by atoms with Crippen molar-refractivity contribution in [3.63, 3.8) is 0 Å². The van der Waals surface area contributed by atoms with E-state index in [0.717, 1.165) is 0 Å². The molecule has 1 aliphatic rings. The first kappa shape index (κ1) is 15.3. The molecule has 0 aliphatic carbocycles. The van der Waals surface area contributed by atoms with Crippen LogP contribution in [0.5, 0.6) is 0 Å². The molecule has 1 aliphatic heterocycles. The quantitative estimate of drug-likeness (QED) is 0.669. The number of hydrogen-bond acceptors (Lipinski definition) is 6. The summed E-state index contributed by atoms with van der Waals surface area (Å²) in [5.74, 6) is 0.681. The van der Waals surface area contributed by atoms with Crippen LogP contribution in [-0.4, -0.2) is 31.4 Å². The average Bonchev–Trinajstić information content (AvgIpc) is 2.45. The first-order valence-electron chi connectivity index (χ1n) is 6.54. The molecule has 0 unspecified atom stereocenters. The van der Waals surface area contributed by atoms with E-state index in [1.807, 2.05) is 0 Å². The maximum atomic E-state index is 11.3. The molecule has 1 heterocycles. The van der Waals surface area contributed by atoms with Crippen LogP contribution in [0, 0.1) is 27.4 Å². The van der Waals surface area contributed by atoms with Gasteiger partial charge in [0.25, 0.3) is 5.69 Å². The molecule has 0 amide bonds. The zero-order valence-corrected chi connectivity index (χ0v) is 12.1. The number of nitriles is 1. The lowest BCUT2D eigenvalue weighted by Crippen LogP contribution is -2.27. The highest BCUT2D eigenvalue weighted by atomic mass is 32.2. The van der Waals surface area contributed by atoms with Gasteiger partial charge in [-0.15, -0.1) is 0 Å². The van der Waals surface area contributed by atoms with Crippen LogP contribution in [0.3, 0.4) is 0 Å². The van der Waals surface area contributed by atoms with E-state index < -0.39 is 14.8 Å². The van der Waals surface area contributed by atoms with Gasteiger partial charge in [-0.05, 0) is 30.9 Å². The summed E-state index contributed by atoms with van der Waals surface area (Å²) in [5, 5.41) is 22.8. The van der Waals surface area contributed by atoms with Crippen molar-refractivity contribution in [2.75, 3.05) is 23.4 Å². The molecule has 0 atom stereocenters. The fourth-order valence-electron chi connectivity index (χ4n) is 2.30. The summed E-state index contributed by atoms with van der Waals surface area (Å²) in [6.07, 6.45) is 1.24. The molecule has 1 saturated heterocycles. The number of rotatable bonds is 4. The van der Waals surface area contributed by atoms with Crippen LogP contribution in [0.2, 0.25) is 0 Å². The molecule has 2 rings (SSSR count). The number of nitro groups is 1. The van der Waals surface area contributed by atoms with Crippen molar-refractivity contribution < 1.29 is 13.3 Å². The van der Waals surface area contributed by atoms with Crippen LogP contribution in [0.4, 0.5) is 11.4 Å². The lowest BCUT2D eigenvalue weighted by molar-refractivity contribution is -0.385. The number of sulfone groups is 1. The van der Waals surface area contributed by atoms with Crippen LogP contribution < -0.4 is 5.32 Å². The van der Waals surface area contributed by atoms with Gasteiger partial charge in [-0.3, -0.25) is 10.1 Å². The zero-order valence-electron chi connectivity index (χ0n) is 11.3. The summed E-state index contributed by atoms with van der Waals surface area (Å²) >= 11 is 0. The summed E-state index contributed by atoms with van der Waals surface area (Å²) in [5.41, 5.74) is 0.425. The summed E-state index contributed by atoms with van der Waals surface area (Å²) < 4.78 is 22.7. The normalized spacial score (nSPS) is 17.9. The monoisotopic (exact) mass is 309 g/mol. The topological polar surface area (TPSA) is 113 Å². The minimum Gasteiger partial charge on any atom is -0.385 e. The van der Waals surface area contributed by atoms with Crippen molar-refractivity contribution in [3.8, 4) is 6.07 Å². The standard InChI is InChI=1S/C13H15N3O4S/c14-8-11-7-12(1-2-13(11)16(17)18)15-9-10-3-5-21(19,20)6-4-10/h1-2,7,10,15H,3-6,9H2. The number of nitrogens with one attached hydrogen (secondary N) is 1. The van der Waals surface area contributed by atoms with E-state index in [4.69, 9.17) is 5.26 Å². The van der Waals surface area contributed by atoms with Gasteiger partial charge in [0.15, 0.2) is 0 Å². The van der Waals surface area contributed by atoms with E-state index >= 15 is 0 Å². The molecule has 0 saturated carbocycles. The second-order valence-electron chi connectivity index (χ2n) is 5.08. The summed E-state index contributed by atoms with van der Waals surface area (Å²) in [6, 6.07) is 6.10. The highest BCUT2D eigenvalue weighted by Gasteiger charge is 2.23. The number of anilines is 1. The Morgan fingerprint density at radius 1 is 1.38 bits per heavy atom.